The minimum absolute atomic E-state index is 0.637. The van der Waals surface area contributed by atoms with Crippen molar-refractivity contribution in [2.75, 3.05) is 26.4 Å². The molecule has 0 heterocycles. The van der Waals surface area contributed by atoms with Crippen molar-refractivity contribution in [1.29, 1.82) is 0 Å². The molecular weight excluding hydrogens is 1160 g/mol. The molecule has 4 unspecified atom stereocenters. The van der Waals surface area contributed by atoms with Gasteiger partial charge in [0.25, 0.3) is 0 Å². The first kappa shape index (κ1) is 70.1. The normalized spacial score (nSPS) is 18.0. The van der Waals surface area contributed by atoms with Crippen LogP contribution in [-0.4, -0.2) is 168 Å². The van der Waals surface area contributed by atoms with E-state index in [1.807, 2.05) is 0 Å². The SMILES string of the molecule is CC(COCC(C)OCC(O)CC(F)(F)C(F)(F)C(F)(F)C(F)(F)C(F)(F)C(F)(F)C(F)(C(F)(F)F)C(F)(F)F)OCC(O)CC(F)(F)C(F)(F)C(F)(F)C(F)(F)C(F)(F)C(F)(F)C(F)(C(F)(F)F)C(F)(F)F. The van der Waals surface area contributed by atoms with Crippen LogP contribution in [0.3, 0.4) is 0 Å². The van der Waals surface area contributed by atoms with E-state index in [0.717, 1.165) is 0 Å². The molecule has 4 atom stereocenters. The number of ether oxygens (including phenoxy) is 3. The lowest BCUT2D eigenvalue weighted by Crippen LogP contribution is -2.77. The lowest BCUT2D eigenvalue weighted by Gasteiger charge is -2.45. The molecule has 0 radical (unpaired) electrons. The quantitative estimate of drug-likeness (QED) is 0.0845. The maximum Gasteiger partial charge on any atom is 0.438 e. The van der Waals surface area contributed by atoms with Crippen LogP contribution in [0.1, 0.15) is 26.7 Å². The van der Waals surface area contributed by atoms with Crippen LogP contribution in [-0.2, 0) is 14.2 Å². The average molecular weight is 1190 g/mol. The zero-order valence-electron chi connectivity index (χ0n) is 34.0. The van der Waals surface area contributed by atoms with Gasteiger partial charge < -0.3 is 24.4 Å². The maximum atomic E-state index is 14.2. The van der Waals surface area contributed by atoms with E-state index < -0.39 is 171 Å². The second-order valence-electron chi connectivity index (χ2n) is 15.0. The van der Waals surface area contributed by atoms with Gasteiger partial charge in [0.1, 0.15) is 0 Å². The fourth-order valence-electron chi connectivity index (χ4n) is 5.12. The van der Waals surface area contributed by atoms with Gasteiger partial charge in [-0.3, -0.25) is 0 Å². The van der Waals surface area contributed by atoms with E-state index in [-0.39, 0.29) is 0 Å². The van der Waals surface area contributed by atoms with Crippen LogP contribution in [0.2, 0.25) is 0 Å². The van der Waals surface area contributed by atoms with Crippen molar-refractivity contribution < 1.29 is 191 Å². The summed E-state index contributed by atoms with van der Waals surface area (Å²) in [5, 5.41) is 19.0. The van der Waals surface area contributed by atoms with Gasteiger partial charge in [-0.15, -0.1) is 0 Å². The molecule has 0 aromatic heterocycles. The summed E-state index contributed by atoms with van der Waals surface area (Å²) in [6, 6.07) is 0. The molecule has 0 amide bonds. The zero-order chi connectivity index (χ0) is 59.7. The van der Waals surface area contributed by atoms with Gasteiger partial charge in [0.2, 0.25) is 0 Å². The Hall–Kier alpha value is -2.86. The highest BCUT2D eigenvalue weighted by Crippen LogP contribution is 2.68. The van der Waals surface area contributed by atoms with Crippen molar-refractivity contribution >= 4 is 0 Å². The van der Waals surface area contributed by atoms with Crippen LogP contribution in [0, 0.1) is 0 Å². The highest BCUT2D eigenvalue weighted by molar-refractivity contribution is 5.21. The molecule has 0 saturated carbocycles. The second-order valence-corrected chi connectivity index (χ2v) is 15.0. The third-order valence-corrected chi connectivity index (χ3v) is 9.34. The number of rotatable bonds is 26. The van der Waals surface area contributed by atoms with Gasteiger partial charge in [0, 0.05) is 12.8 Å². The van der Waals surface area contributed by atoms with Gasteiger partial charge >= 0.3 is 107 Å². The predicted molar refractivity (Wildman–Crippen MR) is 154 cm³/mol. The fraction of sp³-hybridized carbons (Fsp3) is 1.00. The molecule has 43 heteroatoms. The van der Waals surface area contributed by atoms with Crippen LogP contribution < -0.4 is 0 Å². The lowest BCUT2D eigenvalue weighted by molar-refractivity contribution is -0.472. The van der Waals surface area contributed by atoms with Crippen molar-refractivity contribution in [3.8, 4) is 0 Å². The van der Waals surface area contributed by atoms with Crippen LogP contribution in [0.4, 0.5) is 167 Å². The van der Waals surface area contributed by atoms with Gasteiger partial charge in [0.15, 0.2) is 0 Å². The molecule has 0 aliphatic heterocycles. The van der Waals surface area contributed by atoms with Gasteiger partial charge in [-0.1, -0.05) is 0 Å². The van der Waals surface area contributed by atoms with E-state index in [9.17, 15) is 177 Å². The monoisotopic (exact) mass is 1190 g/mol. The van der Waals surface area contributed by atoms with Crippen molar-refractivity contribution in [2.24, 2.45) is 0 Å². The van der Waals surface area contributed by atoms with Gasteiger partial charge in [-0.2, -0.15) is 158 Å². The number of aliphatic hydroxyl groups excluding tert-OH is 2. The number of halogens is 38. The third-order valence-electron chi connectivity index (χ3n) is 9.34. The summed E-state index contributed by atoms with van der Waals surface area (Å²) in [4.78, 5) is 0. The summed E-state index contributed by atoms with van der Waals surface area (Å²) in [5.74, 6) is -105. The summed E-state index contributed by atoms with van der Waals surface area (Å²) >= 11 is 0. The standard InChI is InChI=1S/C30H24F38O5/c1-9(72-7-11(69)3-13(31,32)17(37,38)21(45,46)25(53,54)23(49,50)19(41,42)15(35,27(57,58)59)28(60,61)62)5-71-6-10(2)73-8-12(70)4-14(33,34)18(39,40)22(47,48)26(55,56)24(51,52)20(43,44)16(36,29(63,64)65)30(66,67)68/h9-12,69-70H,3-8H2,1-2H3. The molecule has 0 rings (SSSR count). The van der Waals surface area contributed by atoms with E-state index in [0.29, 0.717) is 13.8 Å². The van der Waals surface area contributed by atoms with E-state index in [2.05, 4.69) is 14.2 Å². The summed E-state index contributed by atoms with van der Waals surface area (Å²) in [6.45, 7) is -4.96. The third kappa shape index (κ3) is 11.2. The Balaban J connectivity index is 5.88. The molecule has 0 aromatic carbocycles. The molecule has 73 heavy (non-hydrogen) atoms. The summed E-state index contributed by atoms with van der Waals surface area (Å²) in [6.07, 6.45) is -51.7. The van der Waals surface area contributed by atoms with Gasteiger partial charge in [-0.25, -0.2) is 8.78 Å². The molecule has 0 aromatic rings. The van der Waals surface area contributed by atoms with Crippen LogP contribution in [0.25, 0.3) is 0 Å². The topological polar surface area (TPSA) is 68.2 Å². The summed E-state index contributed by atoms with van der Waals surface area (Å²) in [5.41, 5.74) is -18.0. The van der Waals surface area contributed by atoms with E-state index in [4.69, 9.17) is 0 Å². The minimum Gasteiger partial charge on any atom is -0.390 e. The van der Waals surface area contributed by atoms with Gasteiger partial charge in [-0.05, 0) is 13.8 Å². The maximum absolute atomic E-state index is 14.2. The summed E-state index contributed by atoms with van der Waals surface area (Å²) < 4.78 is 528. The van der Waals surface area contributed by atoms with E-state index in [1.54, 1.807) is 0 Å². The Morgan fingerprint density at radius 3 is 0.644 bits per heavy atom. The van der Waals surface area contributed by atoms with Crippen molar-refractivity contribution in [1.82, 2.24) is 0 Å². The highest BCUT2D eigenvalue weighted by Gasteiger charge is 3.00. The first-order valence-corrected chi connectivity index (χ1v) is 17.6. The molecule has 0 fully saturated rings. The largest absolute Gasteiger partial charge is 0.438 e. The Morgan fingerprint density at radius 1 is 0.274 bits per heavy atom. The first-order valence-electron chi connectivity index (χ1n) is 17.6. The highest BCUT2D eigenvalue weighted by atomic mass is 19.5. The Labute approximate surface area is 377 Å². The molecule has 2 N–H and O–H groups in total. The van der Waals surface area contributed by atoms with Crippen LogP contribution >= 0.6 is 0 Å². The molecule has 5 nitrogen and oxygen atoms in total. The number of hydrogen-bond acceptors (Lipinski definition) is 5. The predicted octanol–water partition coefficient (Wildman–Crippen LogP) is 12.6. The molecular formula is C30H24F38O5. The minimum atomic E-state index is -9.33. The second kappa shape index (κ2) is 20.2. The Kier molecular flexibility index (Phi) is 19.4. The first-order chi connectivity index (χ1) is 31.3. The molecule has 0 bridgehead atoms. The summed E-state index contributed by atoms with van der Waals surface area (Å²) in [7, 11) is 0. The Bertz CT molecular complexity index is 1660. The van der Waals surface area contributed by atoms with E-state index in [1.165, 1.54) is 0 Å². The number of hydrogen-bond donors (Lipinski definition) is 2. The van der Waals surface area contributed by atoms with Crippen molar-refractivity contribution in [3.63, 3.8) is 0 Å². The Morgan fingerprint density at radius 2 is 0.452 bits per heavy atom. The molecule has 0 aliphatic carbocycles. The average Bonchev–Trinajstić information content (AvgIpc) is 3.15. The van der Waals surface area contributed by atoms with Gasteiger partial charge in [0.05, 0.1) is 50.8 Å². The number of aliphatic hydroxyl groups is 2. The smallest absolute Gasteiger partial charge is 0.390 e. The molecule has 440 valence electrons. The van der Waals surface area contributed by atoms with Crippen molar-refractivity contribution in [3.05, 3.63) is 0 Å². The molecule has 0 spiro atoms. The fourth-order valence-corrected chi connectivity index (χ4v) is 5.12. The zero-order valence-corrected chi connectivity index (χ0v) is 34.0. The van der Waals surface area contributed by atoms with Crippen LogP contribution in [0.5, 0.6) is 0 Å². The number of alkyl halides is 38. The van der Waals surface area contributed by atoms with Crippen LogP contribution in [0.15, 0.2) is 0 Å². The molecule has 0 aliphatic rings. The van der Waals surface area contributed by atoms with E-state index >= 15 is 0 Å². The van der Waals surface area contributed by atoms with Crippen molar-refractivity contribution in [2.45, 2.75) is 158 Å². The lowest BCUT2D eigenvalue weighted by atomic mass is 9.83. The molecule has 0 saturated heterocycles.